The minimum atomic E-state index is -0.556. The third-order valence-corrected chi connectivity index (χ3v) is 2.86. The number of hydrogen-bond donors (Lipinski definition) is 0. The molecule has 0 spiro atoms. The number of halogens is 1. The second-order valence-corrected chi connectivity index (χ2v) is 4.04. The second-order valence-electron chi connectivity index (χ2n) is 4.04. The molecule has 3 heteroatoms. The third kappa shape index (κ3) is 1.68. The van der Waals surface area contributed by atoms with Crippen molar-refractivity contribution in [2.45, 2.75) is 25.2 Å². The van der Waals surface area contributed by atoms with E-state index < -0.39 is 5.41 Å². The molecule has 2 rings (SSSR count). The Balaban J connectivity index is 2.56. The molecular weight excluding hydrogens is 193 g/mol. The van der Waals surface area contributed by atoms with Crippen molar-refractivity contribution in [1.29, 1.82) is 5.26 Å². The molecule has 1 unspecified atom stereocenters. The van der Waals surface area contributed by atoms with Crippen LogP contribution in [-0.2, 0) is 5.41 Å². The van der Waals surface area contributed by atoms with Gasteiger partial charge in [0.25, 0.3) is 0 Å². The molecule has 0 N–H and O–H groups in total. The molecule has 2 nitrogen and oxygen atoms in total. The highest BCUT2D eigenvalue weighted by atomic mass is 19.1. The lowest BCUT2D eigenvalue weighted by Crippen LogP contribution is -2.18. The Labute approximate surface area is 88.3 Å². The summed E-state index contributed by atoms with van der Waals surface area (Å²) in [6.07, 6.45) is 1.57. The van der Waals surface area contributed by atoms with Crippen molar-refractivity contribution in [3.05, 3.63) is 29.6 Å². The molecule has 0 saturated carbocycles. The van der Waals surface area contributed by atoms with Gasteiger partial charge in [-0.1, -0.05) is 6.07 Å². The van der Waals surface area contributed by atoms with E-state index in [-0.39, 0.29) is 5.82 Å². The highest BCUT2D eigenvalue weighted by Crippen LogP contribution is 2.37. The second kappa shape index (κ2) is 3.54. The van der Waals surface area contributed by atoms with Gasteiger partial charge in [0.05, 0.1) is 18.1 Å². The van der Waals surface area contributed by atoms with Crippen molar-refractivity contribution >= 4 is 0 Å². The van der Waals surface area contributed by atoms with Crippen LogP contribution in [0.3, 0.4) is 0 Å². The lowest BCUT2D eigenvalue weighted by Gasteiger charge is -2.20. The Morgan fingerprint density at radius 2 is 2.33 bits per heavy atom. The van der Waals surface area contributed by atoms with Gasteiger partial charge in [0.15, 0.2) is 0 Å². The first-order valence-electron chi connectivity index (χ1n) is 5.00. The fourth-order valence-electron chi connectivity index (χ4n) is 1.93. The molecule has 78 valence electrons. The van der Waals surface area contributed by atoms with E-state index in [0.29, 0.717) is 12.4 Å². The third-order valence-electron chi connectivity index (χ3n) is 2.86. The van der Waals surface area contributed by atoms with E-state index in [1.807, 2.05) is 6.92 Å². The van der Waals surface area contributed by atoms with Crippen LogP contribution in [0.4, 0.5) is 4.39 Å². The van der Waals surface area contributed by atoms with Gasteiger partial charge in [0, 0.05) is 11.6 Å². The van der Waals surface area contributed by atoms with Crippen LogP contribution in [0, 0.1) is 17.1 Å². The molecule has 0 saturated heterocycles. The van der Waals surface area contributed by atoms with Crippen LogP contribution < -0.4 is 4.74 Å². The van der Waals surface area contributed by atoms with Gasteiger partial charge in [-0.2, -0.15) is 5.26 Å². The first kappa shape index (κ1) is 9.97. The van der Waals surface area contributed by atoms with Crippen molar-refractivity contribution in [3.63, 3.8) is 0 Å². The summed E-state index contributed by atoms with van der Waals surface area (Å²) in [5, 5.41) is 9.19. The molecule has 1 aromatic rings. The fraction of sp³-hybridized carbons (Fsp3) is 0.417. The van der Waals surface area contributed by atoms with Gasteiger partial charge in [-0.15, -0.1) is 0 Å². The number of nitriles is 1. The molecule has 0 aliphatic carbocycles. The first-order valence-corrected chi connectivity index (χ1v) is 5.00. The van der Waals surface area contributed by atoms with Crippen LogP contribution in [0.1, 0.15) is 25.3 Å². The SMILES string of the molecule is CC1(C#N)CCCOc2cc(F)ccc21. The minimum Gasteiger partial charge on any atom is -0.493 e. The quantitative estimate of drug-likeness (QED) is 0.652. The van der Waals surface area contributed by atoms with Crippen LogP contribution in [0.25, 0.3) is 0 Å². The van der Waals surface area contributed by atoms with Gasteiger partial charge >= 0.3 is 0 Å². The Kier molecular flexibility index (Phi) is 2.36. The summed E-state index contributed by atoms with van der Waals surface area (Å²) in [6.45, 7) is 2.42. The predicted octanol–water partition coefficient (Wildman–Crippen LogP) is 2.78. The van der Waals surface area contributed by atoms with Crippen LogP contribution >= 0.6 is 0 Å². The average Bonchev–Trinajstić information content (AvgIpc) is 2.39. The summed E-state index contributed by atoms with van der Waals surface area (Å²) in [6, 6.07) is 6.68. The molecule has 15 heavy (non-hydrogen) atoms. The molecule has 1 aromatic carbocycles. The molecule has 0 aromatic heterocycles. The molecule has 0 fully saturated rings. The zero-order chi connectivity index (χ0) is 10.9. The Morgan fingerprint density at radius 3 is 3.07 bits per heavy atom. The molecule has 1 atom stereocenters. The number of benzene rings is 1. The van der Waals surface area contributed by atoms with Gasteiger partial charge in [-0.25, -0.2) is 4.39 Å². The van der Waals surface area contributed by atoms with E-state index in [2.05, 4.69) is 6.07 Å². The van der Waals surface area contributed by atoms with Crippen molar-refractivity contribution in [2.24, 2.45) is 0 Å². The molecule has 1 heterocycles. The predicted molar refractivity (Wildman–Crippen MR) is 54.1 cm³/mol. The molecule has 0 radical (unpaired) electrons. The summed E-state index contributed by atoms with van der Waals surface area (Å²) in [4.78, 5) is 0. The Morgan fingerprint density at radius 1 is 1.53 bits per heavy atom. The maximum atomic E-state index is 13.0. The maximum Gasteiger partial charge on any atom is 0.127 e. The van der Waals surface area contributed by atoms with Crippen LogP contribution in [0.15, 0.2) is 18.2 Å². The summed E-state index contributed by atoms with van der Waals surface area (Å²) in [5.41, 5.74) is 0.239. The van der Waals surface area contributed by atoms with Gasteiger partial charge in [-0.3, -0.25) is 0 Å². The first-order chi connectivity index (χ1) is 7.15. The highest BCUT2D eigenvalue weighted by molar-refractivity contribution is 5.44. The van der Waals surface area contributed by atoms with Gasteiger partial charge < -0.3 is 4.74 Å². The van der Waals surface area contributed by atoms with Crippen molar-refractivity contribution < 1.29 is 9.13 Å². The van der Waals surface area contributed by atoms with Crippen LogP contribution in [-0.4, -0.2) is 6.61 Å². The molecule has 1 aliphatic rings. The van der Waals surface area contributed by atoms with Crippen molar-refractivity contribution in [3.8, 4) is 11.8 Å². The number of ether oxygens (including phenoxy) is 1. The van der Waals surface area contributed by atoms with Crippen molar-refractivity contribution in [2.75, 3.05) is 6.61 Å². The lowest BCUT2D eigenvalue weighted by molar-refractivity contribution is 0.313. The lowest BCUT2D eigenvalue weighted by atomic mass is 9.80. The summed E-state index contributed by atoms with van der Waals surface area (Å²) >= 11 is 0. The normalized spacial score (nSPS) is 24.6. The number of nitrogens with zero attached hydrogens (tertiary/aromatic N) is 1. The number of rotatable bonds is 0. The molecule has 1 aliphatic heterocycles. The standard InChI is InChI=1S/C12H12FNO/c1-12(8-14)5-2-6-15-11-7-9(13)3-4-10(11)12/h3-4,7H,2,5-6H2,1H3. The minimum absolute atomic E-state index is 0.323. The Bertz CT molecular complexity index is 424. The van der Waals surface area contributed by atoms with E-state index >= 15 is 0 Å². The van der Waals surface area contributed by atoms with Gasteiger partial charge in [0.2, 0.25) is 0 Å². The van der Waals surface area contributed by atoms with Gasteiger partial charge in [0.1, 0.15) is 11.6 Å². The van der Waals surface area contributed by atoms with Gasteiger partial charge in [-0.05, 0) is 25.8 Å². The average molecular weight is 205 g/mol. The van der Waals surface area contributed by atoms with Crippen molar-refractivity contribution in [1.82, 2.24) is 0 Å². The van der Waals surface area contributed by atoms with Crippen LogP contribution in [0.2, 0.25) is 0 Å². The molecule has 0 bridgehead atoms. The van der Waals surface area contributed by atoms with E-state index in [9.17, 15) is 9.65 Å². The topological polar surface area (TPSA) is 33.0 Å². The van der Waals surface area contributed by atoms with E-state index in [4.69, 9.17) is 4.74 Å². The Hall–Kier alpha value is -1.56. The number of hydrogen-bond acceptors (Lipinski definition) is 2. The summed E-state index contributed by atoms with van der Waals surface area (Å²) in [5.74, 6) is 0.187. The fourth-order valence-corrected chi connectivity index (χ4v) is 1.93. The zero-order valence-corrected chi connectivity index (χ0v) is 8.59. The van der Waals surface area contributed by atoms with Crippen LogP contribution in [0.5, 0.6) is 5.75 Å². The van der Waals surface area contributed by atoms with E-state index in [0.717, 1.165) is 18.4 Å². The molecular formula is C12H12FNO. The van der Waals surface area contributed by atoms with E-state index in [1.54, 1.807) is 6.07 Å². The zero-order valence-electron chi connectivity index (χ0n) is 8.59. The highest BCUT2D eigenvalue weighted by Gasteiger charge is 2.31. The molecule has 0 amide bonds. The largest absolute Gasteiger partial charge is 0.493 e. The number of fused-ring (bicyclic) bond motifs is 1. The smallest absolute Gasteiger partial charge is 0.127 e. The summed E-state index contributed by atoms with van der Waals surface area (Å²) < 4.78 is 18.5. The summed E-state index contributed by atoms with van der Waals surface area (Å²) in [7, 11) is 0. The van der Waals surface area contributed by atoms with E-state index in [1.165, 1.54) is 12.1 Å². The maximum absolute atomic E-state index is 13.0. The monoisotopic (exact) mass is 205 g/mol.